The minimum Gasteiger partial charge on any atom is -0.497 e. The molecule has 1 atom stereocenters. The average molecular weight is 409 g/mol. The number of carbonyl (C=O) groups is 1. The number of anilines is 1. The minimum absolute atomic E-state index is 0.0836. The molecule has 0 saturated carbocycles. The lowest BCUT2D eigenvalue weighted by Crippen LogP contribution is -2.23. The van der Waals surface area contributed by atoms with Crippen molar-refractivity contribution in [2.24, 2.45) is 0 Å². The van der Waals surface area contributed by atoms with Gasteiger partial charge in [0, 0.05) is 17.8 Å². The Morgan fingerprint density at radius 3 is 2.69 bits per heavy atom. The van der Waals surface area contributed by atoms with Crippen LogP contribution < -0.4 is 10.1 Å². The summed E-state index contributed by atoms with van der Waals surface area (Å²) in [7, 11) is 1.63. The molecule has 3 aromatic rings. The Morgan fingerprint density at radius 1 is 1.28 bits per heavy atom. The molecule has 1 amide bonds. The van der Waals surface area contributed by atoms with Gasteiger partial charge < -0.3 is 10.1 Å². The number of methoxy groups -OCH3 is 1. The number of hydrogen-bond acceptors (Lipinski definition) is 5. The van der Waals surface area contributed by atoms with Crippen LogP contribution in [0.15, 0.2) is 66.3 Å². The summed E-state index contributed by atoms with van der Waals surface area (Å²) in [5, 5.41) is 11.9. The first-order chi connectivity index (χ1) is 14.0. The highest BCUT2D eigenvalue weighted by Crippen LogP contribution is 2.28. The highest BCUT2D eigenvalue weighted by Gasteiger charge is 2.20. The Bertz CT molecular complexity index is 998. The maximum atomic E-state index is 12.6. The molecule has 0 aliphatic carbocycles. The van der Waals surface area contributed by atoms with Crippen molar-refractivity contribution in [1.29, 1.82) is 0 Å². The number of aromatic nitrogens is 3. The van der Waals surface area contributed by atoms with Gasteiger partial charge in [0.25, 0.3) is 0 Å². The topological polar surface area (TPSA) is 69.0 Å². The SMILES string of the molecule is C=CCn1c(S[C@@H](C)C(=O)Nc2cccc(C)c2)nnc1-c1ccc(OC)cc1. The van der Waals surface area contributed by atoms with Crippen LogP contribution in [0, 0.1) is 6.92 Å². The van der Waals surface area contributed by atoms with Gasteiger partial charge in [0.1, 0.15) is 5.75 Å². The fourth-order valence-electron chi connectivity index (χ4n) is 2.80. The van der Waals surface area contributed by atoms with Gasteiger partial charge in [-0.1, -0.05) is 30.0 Å². The van der Waals surface area contributed by atoms with E-state index in [0.717, 1.165) is 28.4 Å². The van der Waals surface area contributed by atoms with Crippen molar-refractivity contribution in [2.75, 3.05) is 12.4 Å². The molecule has 2 aromatic carbocycles. The zero-order chi connectivity index (χ0) is 20.8. The largest absolute Gasteiger partial charge is 0.497 e. The van der Waals surface area contributed by atoms with Crippen LogP contribution in [-0.2, 0) is 11.3 Å². The summed E-state index contributed by atoms with van der Waals surface area (Å²) >= 11 is 1.37. The lowest BCUT2D eigenvalue weighted by Gasteiger charge is -2.13. The number of allylic oxidation sites excluding steroid dienone is 1. The summed E-state index contributed by atoms with van der Waals surface area (Å²) in [4.78, 5) is 12.6. The average Bonchev–Trinajstić information content (AvgIpc) is 3.10. The first-order valence-electron chi connectivity index (χ1n) is 9.24. The molecule has 0 bridgehead atoms. The number of ether oxygens (including phenoxy) is 1. The fraction of sp³-hybridized carbons (Fsp3) is 0.227. The van der Waals surface area contributed by atoms with E-state index in [9.17, 15) is 4.79 Å². The zero-order valence-electron chi connectivity index (χ0n) is 16.8. The Morgan fingerprint density at radius 2 is 2.03 bits per heavy atom. The molecule has 1 heterocycles. The van der Waals surface area contributed by atoms with Crippen LogP contribution >= 0.6 is 11.8 Å². The number of rotatable bonds is 8. The smallest absolute Gasteiger partial charge is 0.237 e. The summed E-state index contributed by atoms with van der Waals surface area (Å²) < 4.78 is 7.17. The summed E-state index contributed by atoms with van der Waals surface area (Å²) in [6.07, 6.45) is 1.79. The molecule has 0 fully saturated rings. The van der Waals surface area contributed by atoms with E-state index in [1.54, 1.807) is 13.2 Å². The summed E-state index contributed by atoms with van der Waals surface area (Å²) in [6, 6.07) is 15.4. The maximum absolute atomic E-state index is 12.6. The molecule has 0 unspecified atom stereocenters. The molecule has 29 heavy (non-hydrogen) atoms. The quantitative estimate of drug-likeness (QED) is 0.437. The van der Waals surface area contributed by atoms with E-state index in [1.165, 1.54) is 11.8 Å². The van der Waals surface area contributed by atoms with Crippen molar-refractivity contribution in [3.8, 4) is 17.1 Å². The van der Waals surface area contributed by atoms with Gasteiger partial charge >= 0.3 is 0 Å². The second-order valence-corrected chi connectivity index (χ2v) is 7.86. The summed E-state index contributed by atoms with van der Waals surface area (Å²) in [5.74, 6) is 1.42. The van der Waals surface area contributed by atoms with Crippen LogP contribution in [0.4, 0.5) is 5.69 Å². The van der Waals surface area contributed by atoms with Gasteiger partial charge in [0.05, 0.1) is 12.4 Å². The van der Waals surface area contributed by atoms with E-state index in [-0.39, 0.29) is 11.2 Å². The molecule has 6 nitrogen and oxygen atoms in total. The predicted octanol–water partition coefficient (Wildman–Crippen LogP) is 4.57. The number of nitrogens with one attached hydrogen (secondary N) is 1. The molecular weight excluding hydrogens is 384 g/mol. The summed E-state index contributed by atoms with van der Waals surface area (Å²) in [5.41, 5.74) is 2.80. The molecule has 0 aliphatic heterocycles. The van der Waals surface area contributed by atoms with Crippen LogP contribution in [0.5, 0.6) is 5.75 Å². The van der Waals surface area contributed by atoms with Crippen LogP contribution in [0.2, 0.25) is 0 Å². The van der Waals surface area contributed by atoms with E-state index in [1.807, 2.05) is 66.9 Å². The van der Waals surface area contributed by atoms with E-state index >= 15 is 0 Å². The van der Waals surface area contributed by atoms with Crippen LogP contribution in [-0.4, -0.2) is 33.0 Å². The van der Waals surface area contributed by atoms with E-state index < -0.39 is 0 Å². The number of thioether (sulfide) groups is 1. The van der Waals surface area contributed by atoms with Crippen molar-refractivity contribution < 1.29 is 9.53 Å². The molecule has 0 radical (unpaired) electrons. The molecular formula is C22H24N4O2S. The molecule has 0 saturated heterocycles. The van der Waals surface area contributed by atoms with Gasteiger partial charge in [0.2, 0.25) is 5.91 Å². The second-order valence-electron chi connectivity index (χ2n) is 6.55. The third-order valence-electron chi connectivity index (χ3n) is 4.31. The molecule has 150 valence electrons. The van der Waals surface area contributed by atoms with Gasteiger partial charge in [-0.05, 0) is 55.8 Å². The first-order valence-corrected chi connectivity index (χ1v) is 10.1. The standard InChI is InChI=1S/C22H24N4O2S/c1-5-13-26-20(17-9-11-19(28-4)12-10-17)24-25-22(26)29-16(3)21(27)23-18-8-6-7-15(2)14-18/h5-12,14,16H,1,13H2,2-4H3,(H,23,27)/t16-/m0/s1. The fourth-order valence-corrected chi connectivity index (χ4v) is 3.66. The molecule has 0 spiro atoms. The lowest BCUT2D eigenvalue weighted by molar-refractivity contribution is -0.115. The number of amides is 1. The van der Waals surface area contributed by atoms with Crippen molar-refractivity contribution in [2.45, 2.75) is 30.8 Å². The van der Waals surface area contributed by atoms with E-state index in [2.05, 4.69) is 22.1 Å². The third kappa shape index (κ3) is 5.06. The summed E-state index contributed by atoms with van der Waals surface area (Å²) in [6.45, 7) is 8.23. The van der Waals surface area contributed by atoms with Crippen LogP contribution in [0.1, 0.15) is 12.5 Å². The predicted molar refractivity (Wildman–Crippen MR) is 117 cm³/mol. The number of carbonyl (C=O) groups excluding carboxylic acids is 1. The Hall–Kier alpha value is -3.06. The highest BCUT2D eigenvalue weighted by molar-refractivity contribution is 8.00. The lowest BCUT2D eigenvalue weighted by atomic mass is 10.2. The van der Waals surface area contributed by atoms with Crippen molar-refractivity contribution in [1.82, 2.24) is 14.8 Å². The number of benzene rings is 2. The van der Waals surface area contributed by atoms with Crippen molar-refractivity contribution in [3.05, 3.63) is 66.7 Å². The number of hydrogen-bond donors (Lipinski definition) is 1. The molecule has 1 aromatic heterocycles. The number of aryl methyl sites for hydroxylation is 1. The number of nitrogens with zero attached hydrogens (tertiary/aromatic N) is 3. The Kier molecular flexibility index (Phi) is 6.72. The van der Waals surface area contributed by atoms with Crippen molar-refractivity contribution in [3.63, 3.8) is 0 Å². The first kappa shape index (κ1) is 20.7. The Balaban J connectivity index is 1.78. The van der Waals surface area contributed by atoms with Crippen LogP contribution in [0.3, 0.4) is 0 Å². The van der Waals surface area contributed by atoms with Gasteiger partial charge in [-0.3, -0.25) is 9.36 Å². The van der Waals surface area contributed by atoms with Gasteiger partial charge in [-0.25, -0.2) is 0 Å². The Labute approximate surface area is 175 Å². The van der Waals surface area contributed by atoms with E-state index in [4.69, 9.17) is 4.74 Å². The molecule has 1 N–H and O–H groups in total. The minimum atomic E-state index is -0.341. The zero-order valence-corrected chi connectivity index (χ0v) is 17.6. The normalized spacial score (nSPS) is 11.7. The van der Waals surface area contributed by atoms with Gasteiger partial charge in [0.15, 0.2) is 11.0 Å². The maximum Gasteiger partial charge on any atom is 0.237 e. The second kappa shape index (κ2) is 9.43. The molecule has 0 aliphatic rings. The van der Waals surface area contributed by atoms with Crippen LogP contribution in [0.25, 0.3) is 11.4 Å². The van der Waals surface area contributed by atoms with Gasteiger partial charge in [-0.2, -0.15) is 0 Å². The van der Waals surface area contributed by atoms with Gasteiger partial charge in [-0.15, -0.1) is 16.8 Å². The third-order valence-corrected chi connectivity index (χ3v) is 5.39. The van der Waals surface area contributed by atoms with Crippen molar-refractivity contribution >= 4 is 23.4 Å². The monoisotopic (exact) mass is 408 g/mol. The molecule has 3 rings (SSSR count). The molecule has 7 heteroatoms. The van der Waals surface area contributed by atoms with E-state index in [0.29, 0.717) is 11.7 Å². The highest BCUT2D eigenvalue weighted by atomic mass is 32.2.